The maximum atomic E-state index is 14.8. The molecule has 0 unspecified atom stereocenters. The lowest BCUT2D eigenvalue weighted by Crippen LogP contribution is -2.33. The highest BCUT2D eigenvalue weighted by molar-refractivity contribution is 5.90. The fourth-order valence-corrected chi connectivity index (χ4v) is 3.66. The first-order valence-corrected chi connectivity index (χ1v) is 9.48. The predicted molar refractivity (Wildman–Crippen MR) is 101 cm³/mol. The highest BCUT2D eigenvalue weighted by atomic mass is 19.4. The van der Waals surface area contributed by atoms with Gasteiger partial charge in [0.25, 0.3) is 0 Å². The highest BCUT2D eigenvalue weighted by Crippen LogP contribution is 2.33. The SMILES string of the molecule is CC(=O)NC[C@H]1CN(c2ccc(N3Cc4cn(CC(F)(F)F)nc4C3)c(F)c2)C(=O)O1. The molecule has 1 saturated heterocycles. The molecule has 1 aromatic carbocycles. The third-order valence-electron chi connectivity index (χ3n) is 5.00. The summed E-state index contributed by atoms with van der Waals surface area (Å²) in [5, 5.41) is 6.51. The molecule has 12 heteroatoms. The Morgan fingerprint density at radius 3 is 2.74 bits per heavy atom. The molecular formula is C19H19F4N5O3. The van der Waals surface area contributed by atoms with Gasteiger partial charge in [-0.05, 0) is 18.2 Å². The van der Waals surface area contributed by atoms with Crippen molar-refractivity contribution in [1.29, 1.82) is 0 Å². The Labute approximate surface area is 174 Å². The number of halogens is 4. The van der Waals surface area contributed by atoms with Crippen LogP contribution in [0.4, 0.5) is 33.7 Å². The minimum atomic E-state index is -4.36. The van der Waals surface area contributed by atoms with Gasteiger partial charge in [-0.25, -0.2) is 9.18 Å². The second kappa shape index (κ2) is 7.75. The molecule has 1 atom stereocenters. The minimum Gasteiger partial charge on any atom is -0.442 e. The molecule has 2 aliphatic rings. The molecule has 0 radical (unpaired) electrons. The van der Waals surface area contributed by atoms with Crippen LogP contribution in [0.25, 0.3) is 0 Å². The van der Waals surface area contributed by atoms with Crippen molar-refractivity contribution in [2.75, 3.05) is 22.9 Å². The molecule has 0 bridgehead atoms. The number of ether oxygens (including phenoxy) is 1. The van der Waals surface area contributed by atoms with E-state index in [2.05, 4.69) is 10.4 Å². The minimum absolute atomic E-state index is 0.161. The van der Waals surface area contributed by atoms with Crippen LogP contribution in [-0.4, -0.2) is 47.2 Å². The second-order valence-electron chi connectivity index (χ2n) is 7.46. The summed E-state index contributed by atoms with van der Waals surface area (Å²) in [4.78, 5) is 26.0. The second-order valence-corrected chi connectivity index (χ2v) is 7.46. The maximum Gasteiger partial charge on any atom is 0.414 e. The molecule has 2 amide bonds. The number of fused-ring (bicyclic) bond motifs is 1. The van der Waals surface area contributed by atoms with E-state index < -0.39 is 30.7 Å². The molecule has 166 valence electrons. The number of nitrogens with one attached hydrogen (secondary N) is 1. The first-order valence-electron chi connectivity index (χ1n) is 9.48. The predicted octanol–water partition coefficient (Wildman–Crippen LogP) is 2.57. The summed E-state index contributed by atoms with van der Waals surface area (Å²) in [5.41, 5.74) is 1.64. The lowest BCUT2D eigenvalue weighted by Gasteiger charge is -2.21. The summed E-state index contributed by atoms with van der Waals surface area (Å²) in [6.45, 7) is 0.923. The number of hydrogen-bond donors (Lipinski definition) is 1. The Morgan fingerprint density at radius 1 is 1.32 bits per heavy atom. The van der Waals surface area contributed by atoms with Crippen molar-refractivity contribution in [3.05, 3.63) is 41.5 Å². The number of anilines is 2. The van der Waals surface area contributed by atoms with Crippen molar-refractivity contribution in [1.82, 2.24) is 15.1 Å². The highest BCUT2D eigenvalue weighted by Gasteiger charge is 2.34. The van der Waals surface area contributed by atoms with Crippen molar-refractivity contribution in [2.24, 2.45) is 0 Å². The zero-order chi connectivity index (χ0) is 22.3. The molecule has 1 fully saturated rings. The lowest BCUT2D eigenvalue weighted by molar-refractivity contribution is -0.142. The standard InChI is InChI=1S/C19H19F4N5O3/c1-11(29)24-5-14-8-28(18(30)31-14)13-2-3-17(15(20)4-13)26-6-12-7-27(10-19(21,22)23)25-16(12)9-26/h2-4,7,14H,5-6,8-10H2,1H3,(H,24,29)/t14-/m0/s1. The van der Waals surface area contributed by atoms with Crippen LogP contribution >= 0.6 is 0 Å². The fourth-order valence-electron chi connectivity index (χ4n) is 3.66. The van der Waals surface area contributed by atoms with Crippen molar-refractivity contribution >= 4 is 23.4 Å². The van der Waals surface area contributed by atoms with Gasteiger partial charge in [-0.2, -0.15) is 18.3 Å². The summed E-state index contributed by atoms with van der Waals surface area (Å²) in [5.74, 6) is -0.828. The van der Waals surface area contributed by atoms with Gasteiger partial charge in [-0.1, -0.05) is 0 Å². The zero-order valence-corrected chi connectivity index (χ0v) is 16.4. The number of carbonyl (C=O) groups is 2. The van der Waals surface area contributed by atoms with E-state index in [4.69, 9.17) is 4.74 Å². The number of cyclic esters (lactones) is 1. The summed E-state index contributed by atoms with van der Waals surface area (Å²) >= 11 is 0. The van der Waals surface area contributed by atoms with Gasteiger partial charge in [0.1, 0.15) is 18.5 Å². The third kappa shape index (κ3) is 4.57. The van der Waals surface area contributed by atoms with Crippen molar-refractivity contribution in [3.8, 4) is 0 Å². The van der Waals surface area contributed by atoms with Gasteiger partial charge in [0.05, 0.1) is 36.7 Å². The molecule has 0 aliphatic carbocycles. The monoisotopic (exact) mass is 441 g/mol. The normalized spacial score (nSPS) is 18.4. The van der Waals surface area contributed by atoms with E-state index >= 15 is 0 Å². The largest absolute Gasteiger partial charge is 0.442 e. The molecule has 3 heterocycles. The van der Waals surface area contributed by atoms with Crippen LogP contribution in [-0.2, 0) is 29.2 Å². The van der Waals surface area contributed by atoms with Crippen molar-refractivity contribution < 1.29 is 31.9 Å². The number of amides is 2. The molecule has 2 aliphatic heterocycles. The van der Waals surface area contributed by atoms with E-state index in [1.807, 2.05) is 0 Å². The Balaban J connectivity index is 1.43. The van der Waals surface area contributed by atoms with Crippen LogP contribution in [0.3, 0.4) is 0 Å². The Hall–Kier alpha value is -3.31. The molecule has 0 spiro atoms. The number of rotatable bonds is 5. The average Bonchev–Trinajstić information content (AvgIpc) is 3.31. The number of hydrogen-bond acceptors (Lipinski definition) is 5. The first kappa shape index (κ1) is 20.9. The van der Waals surface area contributed by atoms with Crippen LogP contribution in [0, 0.1) is 5.82 Å². The molecule has 1 N–H and O–H groups in total. The van der Waals surface area contributed by atoms with Gasteiger partial charge < -0.3 is 15.0 Å². The van der Waals surface area contributed by atoms with Crippen molar-refractivity contribution in [2.45, 2.75) is 38.8 Å². The maximum absolute atomic E-state index is 14.8. The topological polar surface area (TPSA) is 79.7 Å². The lowest BCUT2D eigenvalue weighted by atomic mass is 10.2. The van der Waals surface area contributed by atoms with Crippen LogP contribution in [0.2, 0.25) is 0 Å². The van der Waals surface area contributed by atoms with Gasteiger partial charge in [-0.15, -0.1) is 0 Å². The average molecular weight is 441 g/mol. The molecule has 31 heavy (non-hydrogen) atoms. The summed E-state index contributed by atoms with van der Waals surface area (Å²) in [6.07, 6.45) is -4.21. The Kier molecular flexibility index (Phi) is 5.23. The molecule has 1 aromatic heterocycles. The Bertz CT molecular complexity index is 999. The van der Waals surface area contributed by atoms with Gasteiger partial charge >= 0.3 is 12.3 Å². The van der Waals surface area contributed by atoms with Gasteiger partial charge in [0.2, 0.25) is 5.91 Å². The smallest absolute Gasteiger partial charge is 0.414 e. The van der Waals surface area contributed by atoms with E-state index in [1.165, 1.54) is 30.2 Å². The van der Waals surface area contributed by atoms with E-state index in [0.29, 0.717) is 16.9 Å². The summed E-state index contributed by atoms with van der Waals surface area (Å²) in [7, 11) is 0. The molecule has 0 saturated carbocycles. The van der Waals surface area contributed by atoms with Crippen LogP contribution < -0.4 is 15.1 Å². The number of aromatic nitrogens is 2. The number of alkyl halides is 3. The zero-order valence-electron chi connectivity index (χ0n) is 16.4. The molecular weight excluding hydrogens is 422 g/mol. The number of nitrogens with zero attached hydrogens (tertiary/aromatic N) is 4. The molecule has 2 aromatic rings. The van der Waals surface area contributed by atoms with Gasteiger partial charge in [0.15, 0.2) is 0 Å². The van der Waals surface area contributed by atoms with E-state index in [-0.39, 0.29) is 37.8 Å². The quantitative estimate of drug-likeness (QED) is 0.722. The number of benzene rings is 1. The summed E-state index contributed by atoms with van der Waals surface area (Å²) in [6, 6.07) is 4.28. The van der Waals surface area contributed by atoms with Crippen LogP contribution in [0.1, 0.15) is 18.2 Å². The van der Waals surface area contributed by atoms with E-state index in [9.17, 15) is 27.2 Å². The van der Waals surface area contributed by atoms with Crippen LogP contribution in [0.5, 0.6) is 0 Å². The van der Waals surface area contributed by atoms with Crippen LogP contribution in [0.15, 0.2) is 24.4 Å². The van der Waals surface area contributed by atoms with E-state index in [0.717, 1.165) is 4.68 Å². The molecule has 8 nitrogen and oxygen atoms in total. The first-order chi connectivity index (χ1) is 14.6. The molecule has 4 rings (SSSR count). The number of carbonyl (C=O) groups excluding carboxylic acids is 2. The van der Waals surface area contributed by atoms with E-state index in [1.54, 1.807) is 11.0 Å². The fraction of sp³-hybridized carbons (Fsp3) is 0.421. The van der Waals surface area contributed by atoms with Crippen molar-refractivity contribution in [3.63, 3.8) is 0 Å². The third-order valence-corrected chi connectivity index (χ3v) is 5.00. The van der Waals surface area contributed by atoms with Gasteiger partial charge in [-0.3, -0.25) is 14.4 Å². The Morgan fingerprint density at radius 2 is 2.10 bits per heavy atom. The van der Waals surface area contributed by atoms with Gasteiger partial charge in [0, 0.05) is 25.2 Å². The summed E-state index contributed by atoms with van der Waals surface area (Å²) < 4.78 is 58.4.